The lowest BCUT2D eigenvalue weighted by Crippen LogP contribution is -2.31. The van der Waals surface area contributed by atoms with Crippen LogP contribution in [0.3, 0.4) is 0 Å². The molecular weight excluding hydrogens is 450 g/mol. The number of benzene rings is 3. The molecule has 0 bridgehead atoms. The van der Waals surface area contributed by atoms with Gasteiger partial charge in [0.2, 0.25) is 10.0 Å². The molecule has 1 atom stereocenters. The minimum atomic E-state index is -3.75. The van der Waals surface area contributed by atoms with Gasteiger partial charge in [-0.25, -0.2) is 17.9 Å². The molecule has 0 amide bonds. The fraction of sp³-hybridized carbons (Fsp3) is 0.208. The maximum Gasteiger partial charge on any atom is 0.341 e. The molecule has 4 rings (SSSR count). The maximum atomic E-state index is 13.1. The number of ether oxygens (including phenoxy) is 1. The van der Waals surface area contributed by atoms with Crippen molar-refractivity contribution in [1.82, 2.24) is 4.72 Å². The van der Waals surface area contributed by atoms with E-state index in [2.05, 4.69) is 4.72 Å². The largest absolute Gasteiger partial charge is 0.482 e. The van der Waals surface area contributed by atoms with E-state index in [0.717, 1.165) is 28.7 Å². The van der Waals surface area contributed by atoms with E-state index >= 15 is 0 Å². The van der Waals surface area contributed by atoms with Gasteiger partial charge < -0.3 is 9.84 Å². The Bertz CT molecular complexity index is 1220. The highest BCUT2D eigenvalue weighted by atomic mass is 35.5. The quantitative estimate of drug-likeness (QED) is 0.515. The second-order valence-electron chi connectivity index (χ2n) is 7.60. The summed E-state index contributed by atoms with van der Waals surface area (Å²) < 4.78 is 34.3. The van der Waals surface area contributed by atoms with Crippen LogP contribution in [-0.4, -0.2) is 26.1 Å². The van der Waals surface area contributed by atoms with Gasteiger partial charge in [0.1, 0.15) is 5.75 Å². The third kappa shape index (κ3) is 4.96. The van der Waals surface area contributed by atoms with Gasteiger partial charge >= 0.3 is 5.97 Å². The van der Waals surface area contributed by atoms with E-state index < -0.39 is 28.6 Å². The number of rotatable bonds is 7. The number of carboxylic acids is 1. The van der Waals surface area contributed by atoms with Gasteiger partial charge in [0.25, 0.3) is 0 Å². The van der Waals surface area contributed by atoms with Crippen molar-refractivity contribution >= 4 is 27.6 Å². The Labute approximate surface area is 191 Å². The van der Waals surface area contributed by atoms with Gasteiger partial charge in [-0.2, -0.15) is 0 Å². The molecule has 1 aliphatic rings. The fourth-order valence-electron chi connectivity index (χ4n) is 3.94. The van der Waals surface area contributed by atoms with Crippen molar-refractivity contribution in [3.63, 3.8) is 0 Å². The van der Waals surface area contributed by atoms with Gasteiger partial charge in [-0.15, -0.1) is 0 Å². The summed E-state index contributed by atoms with van der Waals surface area (Å²) >= 11 is 5.93. The number of aliphatic carboxylic acids is 1. The molecule has 32 heavy (non-hydrogen) atoms. The fourth-order valence-corrected chi connectivity index (χ4v) is 5.31. The van der Waals surface area contributed by atoms with Gasteiger partial charge in [-0.1, -0.05) is 48.0 Å². The predicted molar refractivity (Wildman–Crippen MR) is 122 cm³/mol. The van der Waals surface area contributed by atoms with E-state index in [1.165, 1.54) is 0 Å². The standard InChI is InChI=1S/C24H22ClNO5S/c25-18-11-7-16(8-12-18)17-9-13-19(14-10-17)32(29,30)26-22-5-1-4-21-20(22)3-2-6-23(21)31-15-24(27)28/h2-3,6-14,22,26H,1,4-5,15H2,(H,27,28)/t22-/m1/s1. The highest BCUT2D eigenvalue weighted by Gasteiger charge is 2.27. The van der Waals surface area contributed by atoms with Crippen LogP contribution < -0.4 is 9.46 Å². The smallest absolute Gasteiger partial charge is 0.341 e. The molecule has 2 N–H and O–H groups in total. The number of hydrogen-bond donors (Lipinski definition) is 2. The number of sulfonamides is 1. The van der Waals surface area contributed by atoms with Crippen LogP contribution in [-0.2, 0) is 21.2 Å². The van der Waals surface area contributed by atoms with Crippen molar-refractivity contribution in [3.8, 4) is 16.9 Å². The van der Waals surface area contributed by atoms with Gasteiger partial charge in [-0.3, -0.25) is 0 Å². The summed E-state index contributed by atoms with van der Waals surface area (Å²) in [5.74, 6) is -0.571. The average molecular weight is 472 g/mol. The lowest BCUT2D eigenvalue weighted by molar-refractivity contribution is -0.139. The van der Waals surface area contributed by atoms with Crippen molar-refractivity contribution in [3.05, 3.63) is 82.9 Å². The van der Waals surface area contributed by atoms with Crippen LogP contribution in [0.5, 0.6) is 5.75 Å². The molecule has 0 fully saturated rings. The summed E-state index contributed by atoms with van der Waals surface area (Å²) in [6, 6.07) is 19.0. The lowest BCUT2D eigenvalue weighted by atomic mass is 9.87. The number of fused-ring (bicyclic) bond motifs is 1. The zero-order valence-electron chi connectivity index (χ0n) is 17.1. The van der Waals surface area contributed by atoms with Crippen molar-refractivity contribution in [2.24, 2.45) is 0 Å². The summed E-state index contributed by atoms with van der Waals surface area (Å²) in [5.41, 5.74) is 3.51. The van der Waals surface area contributed by atoms with Gasteiger partial charge in [-0.05, 0) is 71.8 Å². The molecule has 0 saturated heterocycles. The Hall–Kier alpha value is -2.87. The van der Waals surface area contributed by atoms with Crippen LogP contribution in [0.4, 0.5) is 0 Å². The highest BCUT2D eigenvalue weighted by molar-refractivity contribution is 7.89. The first-order valence-electron chi connectivity index (χ1n) is 10.2. The summed E-state index contributed by atoms with van der Waals surface area (Å²) in [6.07, 6.45) is 2.12. The number of nitrogens with one attached hydrogen (secondary N) is 1. The molecule has 0 heterocycles. The topological polar surface area (TPSA) is 92.7 Å². The van der Waals surface area contributed by atoms with Crippen LogP contribution in [0.25, 0.3) is 11.1 Å². The summed E-state index contributed by atoms with van der Waals surface area (Å²) in [6.45, 7) is -0.438. The Balaban J connectivity index is 1.55. The van der Waals surface area contributed by atoms with E-state index in [9.17, 15) is 13.2 Å². The summed E-state index contributed by atoms with van der Waals surface area (Å²) in [7, 11) is -3.75. The van der Waals surface area contributed by atoms with Crippen molar-refractivity contribution < 1.29 is 23.1 Å². The zero-order chi connectivity index (χ0) is 22.7. The van der Waals surface area contributed by atoms with E-state index in [0.29, 0.717) is 23.6 Å². The first-order chi connectivity index (χ1) is 15.3. The van der Waals surface area contributed by atoms with Gasteiger partial charge in [0.15, 0.2) is 6.61 Å². The molecule has 3 aromatic rings. The number of hydrogen-bond acceptors (Lipinski definition) is 4. The maximum absolute atomic E-state index is 13.1. The van der Waals surface area contributed by atoms with Crippen LogP contribution in [0.2, 0.25) is 5.02 Å². The molecule has 6 nitrogen and oxygen atoms in total. The first-order valence-corrected chi connectivity index (χ1v) is 12.0. The summed E-state index contributed by atoms with van der Waals surface area (Å²) in [5, 5.41) is 9.53. The van der Waals surface area contributed by atoms with E-state index in [1.54, 1.807) is 48.5 Å². The molecule has 0 aliphatic heterocycles. The van der Waals surface area contributed by atoms with Crippen molar-refractivity contribution in [1.29, 1.82) is 0 Å². The molecule has 3 aromatic carbocycles. The van der Waals surface area contributed by atoms with E-state index in [1.807, 2.05) is 18.2 Å². The molecule has 166 valence electrons. The van der Waals surface area contributed by atoms with E-state index in [-0.39, 0.29) is 4.90 Å². The highest BCUT2D eigenvalue weighted by Crippen LogP contribution is 2.36. The van der Waals surface area contributed by atoms with Crippen LogP contribution in [0.1, 0.15) is 30.0 Å². The molecule has 0 saturated carbocycles. The first kappa shape index (κ1) is 22.3. The molecule has 0 radical (unpaired) electrons. The normalized spacial score (nSPS) is 15.7. The number of halogens is 1. The molecule has 0 unspecified atom stereocenters. The molecular formula is C24H22ClNO5S. The van der Waals surface area contributed by atoms with Gasteiger partial charge in [0.05, 0.1) is 4.90 Å². The minimum Gasteiger partial charge on any atom is -0.482 e. The summed E-state index contributed by atoms with van der Waals surface area (Å²) in [4.78, 5) is 11.0. The second-order valence-corrected chi connectivity index (χ2v) is 9.75. The number of carboxylic acid groups (broad SMARTS) is 1. The second kappa shape index (κ2) is 9.32. The van der Waals surface area contributed by atoms with Crippen molar-refractivity contribution in [2.45, 2.75) is 30.2 Å². The Morgan fingerprint density at radius 2 is 1.69 bits per heavy atom. The Kier molecular flexibility index (Phi) is 6.50. The molecule has 8 heteroatoms. The monoisotopic (exact) mass is 471 g/mol. The van der Waals surface area contributed by atoms with Crippen molar-refractivity contribution in [2.75, 3.05) is 6.61 Å². The minimum absolute atomic E-state index is 0.181. The third-order valence-electron chi connectivity index (χ3n) is 5.45. The lowest BCUT2D eigenvalue weighted by Gasteiger charge is -2.27. The van der Waals surface area contributed by atoms with Crippen LogP contribution >= 0.6 is 11.6 Å². The number of carbonyl (C=O) groups is 1. The van der Waals surface area contributed by atoms with Crippen LogP contribution in [0, 0.1) is 0 Å². The third-order valence-corrected chi connectivity index (χ3v) is 7.19. The molecule has 1 aliphatic carbocycles. The Morgan fingerprint density at radius 1 is 1.03 bits per heavy atom. The predicted octanol–water partition coefficient (Wildman–Crippen LogP) is 4.83. The molecule has 0 spiro atoms. The van der Waals surface area contributed by atoms with Crippen LogP contribution in [0.15, 0.2) is 71.6 Å². The zero-order valence-corrected chi connectivity index (χ0v) is 18.7. The van der Waals surface area contributed by atoms with Gasteiger partial charge in [0, 0.05) is 11.1 Å². The van der Waals surface area contributed by atoms with E-state index in [4.69, 9.17) is 21.4 Å². The Morgan fingerprint density at radius 3 is 2.34 bits per heavy atom. The molecule has 0 aromatic heterocycles. The average Bonchev–Trinajstić information content (AvgIpc) is 2.78. The SMILES string of the molecule is O=C(O)COc1cccc2c1CCC[C@H]2NS(=O)(=O)c1ccc(-c2ccc(Cl)cc2)cc1.